The predicted molar refractivity (Wildman–Crippen MR) is 125 cm³/mol. The quantitative estimate of drug-likeness (QED) is 0.484. The fourth-order valence-electron chi connectivity index (χ4n) is 5.07. The third kappa shape index (κ3) is 4.45. The van der Waals surface area contributed by atoms with Gasteiger partial charge in [-0.25, -0.2) is 0 Å². The van der Waals surface area contributed by atoms with Gasteiger partial charge in [-0.3, -0.25) is 9.59 Å². The van der Waals surface area contributed by atoms with Gasteiger partial charge in [0.05, 0.1) is 18.7 Å². The van der Waals surface area contributed by atoms with Crippen molar-refractivity contribution in [1.29, 1.82) is 0 Å². The van der Waals surface area contributed by atoms with Gasteiger partial charge >= 0.3 is 0 Å². The minimum absolute atomic E-state index is 0.111. The van der Waals surface area contributed by atoms with Crippen LogP contribution in [0.25, 0.3) is 0 Å². The molecular weight excluding hydrogens is 426 g/mol. The molecule has 1 N–H and O–H groups in total. The molecule has 1 aliphatic heterocycles. The van der Waals surface area contributed by atoms with E-state index in [1.54, 1.807) is 7.11 Å². The summed E-state index contributed by atoms with van der Waals surface area (Å²) in [5.41, 5.74) is 4.18. The first-order chi connectivity index (χ1) is 15.5. The Labute approximate surface area is 195 Å². The number of unbranched alkanes of at least 4 members (excludes halogenated alkanes) is 3. The molecule has 4 rings (SSSR count). The molecule has 0 radical (unpaired) electrons. The van der Waals surface area contributed by atoms with Crippen LogP contribution in [0.3, 0.4) is 0 Å². The average Bonchev–Trinajstić information content (AvgIpc) is 2.78. The Hall–Kier alpha value is -2.27. The summed E-state index contributed by atoms with van der Waals surface area (Å²) in [4.78, 5) is 26.0. The zero-order valence-corrected chi connectivity index (χ0v) is 19.8. The summed E-state index contributed by atoms with van der Waals surface area (Å²) < 4.78 is 11.6. The Morgan fingerprint density at radius 1 is 0.969 bits per heavy atom. The van der Waals surface area contributed by atoms with Crippen LogP contribution in [0.4, 0.5) is 0 Å². The third-order valence-electron chi connectivity index (χ3n) is 6.62. The third-order valence-corrected chi connectivity index (χ3v) is 6.90. The summed E-state index contributed by atoms with van der Waals surface area (Å²) in [6.07, 6.45) is 8.77. The molecule has 1 aromatic rings. The number of dihydropyridines is 1. The SMILES string of the molecule is CCCCCCOc1c(Cl)cc(C2C3=C(CCCC3=O)NC3=C2C(=O)CCC3)cc1OC. The van der Waals surface area contributed by atoms with E-state index in [4.69, 9.17) is 21.1 Å². The second kappa shape index (κ2) is 10.1. The molecule has 5 nitrogen and oxygen atoms in total. The molecule has 0 unspecified atom stereocenters. The van der Waals surface area contributed by atoms with Crippen molar-refractivity contribution in [3.05, 3.63) is 45.3 Å². The monoisotopic (exact) mass is 457 g/mol. The molecule has 0 fully saturated rings. The van der Waals surface area contributed by atoms with Crippen molar-refractivity contribution < 1.29 is 19.1 Å². The molecule has 1 heterocycles. The molecule has 0 aromatic heterocycles. The van der Waals surface area contributed by atoms with Crippen LogP contribution in [0.2, 0.25) is 5.02 Å². The van der Waals surface area contributed by atoms with Gasteiger partial charge in [0.15, 0.2) is 23.1 Å². The number of Topliss-reactive ketones (excluding diaryl/α,β-unsaturated/α-hetero) is 2. The standard InChI is InChI=1S/C26H32ClNO4/c1-3-4-5-6-13-32-26-17(27)14-16(15-22(26)31-2)23-24-18(9-7-11-20(24)29)28-19-10-8-12-21(30)25(19)23/h14-15,23,28H,3-13H2,1-2H3. The number of hydrogen-bond donors (Lipinski definition) is 1. The van der Waals surface area contributed by atoms with Gasteiger partial charge in [-0.2, -0.15) is 0 Å². The van der Waals surface area contributed by atoms with E-state index in [1.165, 1.54) is 12.8 Å². The number of benzene rings is 1. The number of ether oxygens (including phenoxy) is 2. The van der Waals surface area contributed by atoms with E-state index < -0.39 is 5.92 Å². The molecule has 0 amide bonds. The van der Waals surface area contributed by atoms with E-state index >= 15 is 0 Å². The number of carbonyl (C=O) groups is 2. The molecule has 172 valence electrons. The number of hydrogen-bond acceptors (Lipinski definition) is 5. The molecule has 1 aromatic carbocycles. The molecule has 0 saturated carbocycles. The Morgan fingerprint density at radius 3 is 2.22 bits per heavy atom. The van der Waals surface area contributed by atoms with Crippen molar-refractivity contribution in [1.82, 2.24) is 5.32 Å². The Bertz CT molecular complexity index is 936. The highest BCUT2D eigenvalue weighted by Crippen LogP contribution is 2.48. The minimum atomic E-state index is -0.396. The van der Waals surface area contributed by atoms with Crippen molar-refractivity contribution in [2.24, 2.45) is 0 Å². The molecule has 2 aliphatic carbocycles. The number of halogens is 1. The normalized spacial score (nSPS) is 19.0. The van der Waals surface area contributed by atoms with Gasteiger partial charge in [0.2, 0.25) is 0 Å². The van der Waals surface area contributed by atoms with Crippen LogP contribution in [-0.4, -0.2) is 25.3 Å². The number of rotatable bonds is 8. The summed E-state index contributed by atoms with van der Waals surface area (Å²) in [6, 6.07) is 3.74. The van der Waals surface area contributed by atoms with Crippen LogP contribution in [0.15, 0.2) is 34.7 Å². The second-order valence-corrected chi connectivity index (χ2v) is 9.25. The highest BCUT2D eigenvalue weighted by molar-refractivity contribution is 6.32. The maximum absolute atomic E-state index is 13.0. The fraction of sp³-hybridized carbons (Fsp3) is 0.538. The predicted octanol–water partition coefficient (Wildman–Crippen LogP) is 6.01. The van der Waals surface area contributed by atoms with Crippen LogP contribution < -0.4 is 14.8 Å². The number of nitrogens with one attached hydrogen (secondary N) is 1. The number of ketones is 2. The van der Waals surface area contributed by atoms with Crippen molar-refractivity contribution >= 4 is 23.2 Å². The van der Waals surface area contributed by atoms with E-state index in [1.807, 2.05) is 12.1 Å². The maximum Gasteiger partial charge on any atom is 0.179 e. The minimum Gasteiger partial charge on any atom is -0.493 e. The first kappa shape index (κ1) is 22.9. The molecule has 6 heteroatoms. The number of allylic oxidation sites excluding steroid dienone is 4. The molecule has 0 atom stereocenters. The van der Waals surface area contributed by atoms with Gasteiger partial charge in [0.25, 0.3) is 0 Å². The van der Waals surface area contributed by atoms with E-state index in [0.717, 1.165) is 66.6 Å². The first-order valence-electron chi connectivity index (χ1n) is 11.8. The second-order valence-electron chi connectivity index (χ2n) is 8.84. The van der Waals surface area contributed by atoms with Crippen molar-refractivity contribution in [2.45, 2.75) is 77.0 Å². The lowest BCUT2D eigenvalue weighted by Crippen LogP contribution is -2.36. The van der Waals surface area contributed by atoms with Crippen LogP contribution in [0, 0.1) is 0 Å². The summed E-state index contributed by atoms with van der Waals surface area (Å²) >= 11 is 6.67. The Kier molecular flexibility index (Phi) is 7.24. The summed E-state index contributed by atoms with van der Waals surface area (Å²) in [5.74, 6) is 0.890. The highest BCUT2D eigenvalue weighted by atomic mass is 35.5. The molecule has 3 aliphatic rings. The zero-order valence-electron chi connectivity index (χ0n) is 19.0. The van der Waals surface area contributed by atoms with Crippen LogP contribution in [0.5, 0.6) is 11.5 Å². The van der Waals surface area contributed by atoms with Crippen LogP contribution in [-0.2, 0) is 9.59 Å². The van der Waals surface area contributed by atoms with Gasteiger partial charge in [0, 0.05) is 41.3 Å². The topological polar surface area (TPSA) is 64.6 Å². The fourth-order valence-corrected chi connectivity index (χ4v) is 5.34. The molecular formula is C26H32ClNO4. The lowest BCUT2D eigenvalue weighted by Gasteiger charge is -2.37. The van der Waals surface area contributed by atoms with Crippen LogP contribution in [0.1, 0.15) is 82.6 Å². The lowest BCUT2D eigenvalue weighted by molar-refractivity contribution is -0.116. The molecule has 0 bridgehead atoms. The maximum atomic E-state index is 13.0. The largest absolute Gasteiger partial charge is 0.493 e. The van der Waals surface area contributed by atoms with Gasteiger partial charge in [-0.15, -0.1) is 0 Å². The van der Waals surface area contributed by atoms with E-state index in [-0.39, 0.29) is 11.6 Å². The Balaban J connectivity index is 1.72. The van der Waals surface area contributed by atoms with E-state index in [2.05, 4.69) is 12.2 Å². The van der Waals surface area contributed by atoms with Gasteiger partial charge < -0.3 is 14.8 Å². The molecule has 0 saturated heterocycles. The number of methoxy groups -OCH3 is 1. The average molecular weight is 458 g/mol. The molecule has 0 spiro atoms. The highest BCUT2D eigenvalue weighted by Gasteiger charge is 2.40. The van der Waals surface area contributed by atoms with Crippen molar-refractivity contribution in [3.8, 4) is 11.5 Å². The van der Waals surface area contributed by atoms with E-state index in [0.29, 0.717) is 36.0 Å². The summed E-state index contributed by atoms with van der Waals surface area (Å²) in [5, 5.41) is 3.89. The summed E-state index contributed by atoms with van der Waals surface area (Å²) in [6.45, 7) is 2.75. The summed E-state index contributed by atoms with van der Waals surface area (Å²) in [7, 11) is 1.59. The van der Waals surface area contributed by atoms with Crippen LogP contribution >= 0.6 is 11.6 Å². The smallest absolute Gasteiger partial charge is 0.179 e. The molecule has 32 heavy (non-hydrogen) atoms. The van der Waals surface area contributed by atoms with Gasteiger partial charge in [0.1, 0.15) is 0 Å². The first-order valence-corrected chi connectivity index (χ1v) is 12.2. The van der Waals surface area contributed by atoms with Crippen molar-refractivity contribution in [2.75, 3.05) is 13.7 Å². The zero-order chi connectivity index (χ0) is 22.7. The lowest BCUT2D eigenvalue weighted by atomic mass is 9.71. The van der Waals surface area contributed by atoms with Gasteiger partial charge in [-0.1, -0.05) is 37.8 Å². The van der Waals surface area contributed by atoms with Crippen molar-refractivity contribution in [3.63, 3.8) is 0 Å². The van der Waals surface area contributed by atoms with E-state index in [9.17, 15) is 9.59 Å². The Morgan fingerprint density at radius 2 is 1.62 bits per heavy atom. The number of carbonyl (C=O) groups excluding carboxylic acids is 2. The van der Waals surface area contributed by atoms with Gasteiger partial charge in [-0.05, 0) is 49.8 Å².